The van der Waals surface area contributed by atoms with Crippen LogP contribution in [0.5, 0.6) is 0 Å². The second kappa shape index (κ2) is 7.85. The van der Waals surface area contributed by atoms with Gasteiger partial charge in [0.05, 0.1) is 16.1 Å². The van der Waals surface area contributed by atoms with Crippen molar-refractivity contribution in [2.45, 2.75) is 11.5 Å². The number of carbonyl (C=O) groups excluding carboxylic acids is 3. The summed E-state index contributed by atoms with van der Waals surface area (Å²) in [5, 5.41) is -0.0573. The fourth-order valence-corrected chi connectivity index (χ4v) is 3.99. The van der Waals surface area contributed by atoms with Crippen molar-refractivity contribution in [2.75, 3.05) is 6.26 Å². The van der Waals surface area contributed by atoms with Crippen molar-refractivity contribution < 1.29 is 19.1 Å². The van der Waals surface area contributed by atoms with Gasteiger partial charge in [0.25, 0.3) is 0 Å². The maximum absolute atomic E-state index is 12.9. The molecule has 3 aromatic rings. The number of ether oxygens (including phenoxy) is 1. The van der Waals surface area contributed by atoms with Gasteiger partial charge in [-0.3, -0.25) is 9.59 Å². The number of ketones is 2. The summed E-state index contributed by atoms with van der Waals surface area (Å²) in [7, 11) is 0. The summed E-state index contributed by atoms with van der Waals surface area (Å²) in [4.78, 5) is 39.3. The molecular weight excluding hydrogens is 408 g/mol. The zero-order valence-electron chi connectivity index (χ0n) is 15.4. The molecule has 0 radical (unpaired) electrons. The monoisotopic (exact) mass is 422 g/mol. The Labute approximate surface area is 176 Å². The van der Waals surface area contributed by atoms with E-state index in [1.165, 1.54) is 12.1 Å². The summed E-state index contributed by atoms with van der Waals surface area (Å²) in [6.45, 7) is 0.0800. The second-order valence-corrected chi connectivity index (χ2v) is 7.74. The van der Waals surface area contributed by atoms with Crippen LogP contribution in [0.2, 0.25) is 5.02 Å². The first-order valence-corrected chi connectivity index (χ1v) is 10.4. The van der Waals surface area contributed by atoms with Crippen LogP contribution < -0.4 is 0 Å². The van der Waals surface area contributed by atoms with E-state index < -0.39 is 5.97 Å². The van der Waals surface area contributed by atoms with E-state index in [4.69, 9.17) is 16.3 Å². The van der Waals surface area contributed by atoms with Crippen LogP contribution in [0.4, 0.5) is 0 Å². The lowest BCUT2D eigenvalue weighted by Gasteiger charge is -2.19. The van der Waals surface area contributed by atoms with Crippen molar-refractivity contribution in [3.8, 4) is 0 Å². The zero-order chi connectivity index (χ0) is 20.5. The minimum absolute atomic E-state index is 0.0501. The Bertz CT molecular complexity index is 1150. The first kappa shape index (κ1) is 19.4. The second-order valence-electron chi connectivity index (χ2n) is 6.48. The van der Waals surface area contributed by atoms with Crippen LogP contribution in [-0.2, 0) is 11.3 Å². The number of thioether (sulfide) groups is 1. The summed E-state index contributed by atoms with van der Waals surface area (Å²) in [6, 6.07) is 17.1. The van der Waals surface area contributed by atoms with Crippen LogP contribution in [0, 0.1) is 0 Å². The highest BCUT2D eigenvalue weighted by molar-refractivity contribution is 7.98. The van der Waals surface area contributed by atoms with Crippen molar-refractivity contribution in [1.29, 1.82) is 0 Å². The number of halogens is 1. The molecule has 0 aromatic heterocycles. The van der Waals surface area contributed by atoms with Crippen molar-refractivity contribution >= 4 is 40.9 Å². The summed E-state index contributed by atoms with van der Waals surface area (Å²) in [5.74, 6) is -1.31. The first-order chi connectivity index (χ1) is 14.0. The van der Waals surface area contributed by atoms with Gasteiger partial charge >= 0.3 is 5.97 Å². The summed E-state index contributed by atoms with van der Waals surface area (Å²) >= 11 is 8.02. The predicted molar refractivity (Wildman–Crippen MR) is 112 cm³/mol. The van der Waals surface area contributed by atoms with E-state index in [0.717, 1.165) is 10.5 Å². The lowest BCUT2D eigenvalue weighted by Crippen LogP contribution is -2.22. The molecule has 0 saturated heterocycles. The Morgan fingerprint density at radius 3 is 2.21 bits per heavy atom. The molecule has 0 saturated carbocycles. The third kappa shape index (κ3) is 3.48. The van der Waals surface area contributed by atoms with Gasteiger partial charge in [-0.1, -0.05) is 48.0 Å². The van der Waals surface area contributed by atoms with E-state index in [0.29, 0.717) is 5.56 Å². The molecule has 0 fully saturated rings. The number of esters is 1. The van der Waals surface area contributed by atoms with Gasteiger partial charge in [-0.2, -0.15) is 0 Å². The van der Waals surface area contributed by atoms with Crippen LogP contribution in [0.1, 0.15) is 47.8 Å². The first-order valence-electron chi connectivity index (χ1n) is 8.82. The molecule has 0 atom stereocenters. The number of rotatable bonds is 4. The van der Waals surface area contributed by atoms with Crippen LogP contribution in [-0.4, -0.2) is 23.8 Å². The fraction of sp³-hybridized carbons (Fsp3) is 0.0870. The highest BCUT2D eigenvalue weighted by atomic mass is 35.5. The number of hydrogen-bond acceptors (Lipinski definition) is 5. The Morgan fingerprint density at radius 2 is 1.55 bits per heavy atom. The van der Waals surface area contributed by atoms with E-state index >= 15 is 0 Å². The number of carbonyl (C=O) groups is 3. The smallest absolute Gasteiger partial charge is 0.340 e. The molecule has 0 unspecified atom stereocenters. The third-order valence-corrected chi connectivity index (χ3v) is 5.92. The number of benzene rings is 3. The lowest BCUT2D eigenvalue weighted by atomic mass is 9.83. The van der Waals surface area contributed by atoms with Gasteiger partial charge in [0.2, 0.25) is 0 Å². The molecule has 29 heavy (non-hydrogen) atoms. The van der Waals surface area contributed by atoms with Crippen molar-refractivity contribution in [3.63, 3.8) is 0 Å². The average molecular weight is 423 g/mol. The largest absolute Gasteiger partial charge is 0.457 e. The minimum atomic E-state index is -0.647. The van der Waals surface area contributed by atoms with Gasteiger partial charge in [-0.15, -0.1) is 11.8 Å². The Morgan fingerprint density at radius 1 is 0.897 bits per heavy atom. The molecule has 0 bridgehead atoms. The van der Waals surface area contributed by atoms with Crippen molar-refractivity contribution in [3.05, 3.63) is 99.1 Å². The molecule has 0 aliphatic heterocycles. The third-order valence-electron chi connectivity index (χ3n) is 4.78. The molecule has 4 rings (SSSR count). The van der Waals surface area contributed by atoms with Gasteiger partial charge in [0.15, 0.2) is 11.6 Å². The van der Waals surface area contributed by atoms with Crippen LogP contribution in [0.25, 0.3) is 0 Å². The SMILES string of the molecule is CSc1ccc(COC(=O)c2ccc3c(c2Cl)C(=O)c2ccccc2C3=O)cc1. The van der Waals surface area contributed by atoms with Crippen molar-refractivity contribution in [2.24, 2.45) is 0 Å². The molecule has 144 valence electrons. The standard InChI is InChI=1S/C23H15ClO4S/c1-29-14-8-6-13(7-9-14)12-28-23(27)18-11-10-17-19(20(18)24)22(26)16-5-3-2-4-15(16)21(17)25/h2-11H,12H2,1H3. The molecule has 0 heterocycles. The van der Waals surface area contributed by atoms with Gasteiger partial charge in [-0.25, -0.2) is 4.79 Å². The van der Waals surface area contributed by atoms with E-state index in [2.05, 4.69) is 0 Å². The Balaban J connectivity index is 1.62. The lowest BCUT2D eigenvalue weighted by molar-refractivity contribution is 0.0472. The van der Waals surface area contributed by atoms with Crippen LogP contribution in [0.3, 0.4) is 0 Å². The topological polar surface area (TPSA) is 60.4 Å². The molecule has 4 nitrogen and oxygen atoms in total. The molecule has 3 aromatic carbocycles. The van der Waals surface area contributed by atoms with E-state index in [-0.39, 0.29) is 45.4 Å². The Hall–Kier alpha value is -2.89. The van der Waals surface area contributed by atoms with E-state index in [1.807, 2.05) is 30.5 Å². The van der Waals surface area contributed by atoms with Crippen molar-refractivity contribution in [1.82, 2.24) is 0 Å². The van der Waals surface area contributed by atoms with Crippen LogP contribution in [0.15, 0.2) is 65.6 Å². The number of hydrogen-bond donors (Lipinski definition) is 0. The molecule has 1 aliphatic rings. The number of fused-ring (bicyclic) bond motifs is 2. The molecule has 0 N–H and O–H groups in total. The average Bonchev–Trinajstić information content (AvgIpc) is 2.76. The molecular formula is C23H15ClO4S. The minimum Gasteiger partial charge on any atom is -0.457 e. The van der Waals surface area contributed by atoms with Gasteiger partial charge in [0.1, 0.15) is 6.61 Å². The zero-order valence-corrected chi connectivity index (χ0v) is 17.0. The van der Waals surface area contributed by atoms with Crippen LogP contribution >= 0.6 is 23.4 Å². The summed E-state index contributed by atoms with van der Waals surface area (Å²) in [5.41, 5.74) is 1.77. The van der Waals surface area contributed by atoms with E-state index in [1.54, 1.807) is 36.0 Å². The summed E-state index contributed by atoms with van der Waals surface area (Å²) in [6.07, 6.45) is 1.98. The molecule has 0 spiro atoms. The van der Waals surface area contributed by atoms with Gasteiger partial charge in [-0.05, 0) is 36.1 Å². The molecule has 6 heteroatoms. The maximum atomic E-state index is 12.9. The normalized spacial score (nSPS) is 12.3. The Kier molecular flexibility index (Phi) is 5.26. The highest BCUT2D eigenvalue weighted by Gasteiger charge is 2.33. The maximum Gasteiger partial charge on any atom is 0.340 e. The van der Waals surface area contributed by atoms with Gasteiger partial charge < -0.3 is 4.74 Å². The van der Waals surface area contributed by atoms with Gasteiger partial charge in [0, 0.05) is 21.6 Å². The predicted octanol–water partition coefficient (Wildman–Crippen LogP) is 5.19. The quantitative estimate of drug-likeness (QED) is 0.334. The molecule has 1 aliphatic carbocycles. The molecule has 0 amide bonds. The highest BCUT2D eigenvalue weighted by Crippen LogP contribution is 2.34. The fourth-order valence-electron chi connectivity index (χ4n) is 3.25. The van der Waals surface area contributed by atoms with E-state index in [9.17, 15) is 14.4 Å². The summed E-state index contributed by atoms with van der Waals surface area (Å²) < 4.78 is 5.36.